The fourth-order valence-corrected chi connectivity index (χ4v) is 1.40. The van der Waals surface area contributed by atoms with Gasteiger partial charge in [-0.3, -0.25) is 4.79 Å². The molecule has 0 aromatic heterocycles. The van der Waals surface area contributed by atoms with Crippen molar-refractivity contribution in [2.45, 2.75) is 6.42 Å². The average molecular weight is 197 g/mol. The second kappa shape index (κ2) is 2.92. The maximum Gasteiger partial charge on any atom is 0.228 e. The molecule has 0 radical (unpaired) electrons. The molecule has 1 aromatic rings. The van der Waals surface area contributed by atoms with Gasteiger partial charge in [-0.05, 0) is 18.2 Å². The van der Waals surface area contributed by atoms with Crippen molar-refractivity contribution < 1.29 is 4.79 Å². The molecule has 13 heavy (non-hydrogen) atoms. The summed E-state index contributed by atoms with van der Waals surface area (Å²) in [5.74, 6) is 0.140. The Morgan fingerprint density at radius 1 is 1.46 bits per heavy atom. The Balaban J connectivity index is 2.31. The smallest absolute Gasteiger partial charge is 0.228 e. The van der Waals surface area contributed by atoms with Crippen LogP contribution >= 0.6 is 11.6 Å². The predicted octanol–water partition coefficient (Wildman–Crippen LogP) is 1.66. The molecule has 0 spiro atoms. The van der Waals surface area contributed by atoms with Crippen molar-refractivity contribution in [2.24, 2.45) is 0 Å². The molecule has 1 aromatic carbocycles. The van der Waals surface area contributed by atoms with Crippen LogP contribution < -0.4 is 10.6 Å². The first-order chi connectivity index (χ1) is 6.18. The minimum atomic E-state index is 0.140. The summed E-state index contributed by atoms with van der Waals surface area (Å²) < 4.78 is 0. The lowest BCUT2D eigenvalue weighted by Crippen LogP contribution is -2.43. The van der Waals surface area contributed by atoms with Gasteiger partial charge >= 0.3 is 0 Å². The van der Waals surface area contributed by atoms with Gasteiger partial charge in [0, 0.05) is 18.7 Å². The van der Waals surface area contributed by atoms with E-state index < -0.39 is 0 Å². The van der Waals surface area contributed by atoms with Gasteiger partial charge in [-0.15, -0.1) is 0 Å². The summed E-state index contributed by atoms with van der Waals surface area (Å²) in [6, 6.07) is 5.23. The molecule has 1 fully saturated rings. The van der Waals surface area contributed by atoms with E-state index in [-0.39, 0.29) is 5.91 Å². The van der Waals surface area contributed by atoms with Gasteiger partial charge < -0.3 is 10.6 Å². The van der Waals surface area contributed by atoms with E-state index in [9.17, 15) is 4.79 Å². The monoisotopic (exact) mass is 196 g/mol. The summed E-state index contributed by atoms with van der Waals surface area (Å²) in [4.78, 5) is 12.8. The van der Waals surface area contributed by atoms with Gasteiger partial charge in [-0.1, -0.05) is 11.6 Å². The van der Waals surface area contributed by atoms with Crippen LogP contribution in [0.5, 0.6) is 0 Å². The summed E-state index contributed by atoms with van der Waals surface area (Å²) >= 11 is 5.75. The predicted molar refractivity (Wildman–Crippen MR) is 52.8 cm³/mol. The van der Waals surface area contributed by atoms with E-state index >= 15 is 0 Å². The maximum absolute atomic E-state index is 11.1. The molecule has 2 N–H and O–H groups in total. The lowest BCUT2D eigenvalue weighted by molar-refractivity contribution is -0.122. The number of hydrogen-bond donors (Lipinski definition) is 1. The second-order valence-electron chi connectivity index (χ2n) is 3.00. The van der Waals surface area contributed by atoms with Crippen LogP contribution in [0.1, 0.15) is 6.42 Å². The first kappa shape index (κ1) is 8.38. The number of nitrogens with zero attached hydrogens (tertiary/aromatic N) is 1. The van der Waals surface area contributed by atoms with Crippen LogP contribution in [0, 0.1) is 0 Å². The molecular weight excluding hydrogens is 188 g/mol. The molecule has 68 valence electrons. The van der Waals surface area contributed by atoms with Crippen molar-refractivity contribution in [1.29, 1.82) is 0 Å². The average Bonchev–Trinajstić information content (AvgIpc) is 2.09. The number of halogens is 1. The Labute approximate surface area is 81.1 Å². The minimum absolute atomic E-state index is 0.140. The third kappa shape index (κ3) is 1.35. The second-order valence-corrected chi connectivity index (χ2v) is 3.41. The van der Waals surface area contributed by atoms with E-state index in [1.165, 1.54) is 0 Å². The van der Waals surface area contributed by atoms with Crippen molar-refractivity contribution >= 4 is 28.9 Å². The van der Waals surface area contributed by atoms with E-state index in [4.69, 9.17) is 17.3 Å². The van der Waals surface area contributed by atoms with Gasteiger partial charge in [0.05, 0.1) is 10.7 Å². The number of hydrogen-bond acceptors (Lipinski definition) is 2. The molecule has 1 aliphatic rings. The zero-order chi connectivity index (χ0) is 9.42. The molecule has 0 atom stereocenters. The van der Waals surface area contributed by atoms with Crippen molar-refractivity contribution in [3.63, 3.8) is 0 Å². The van der Waals surface area contributed by atoms with Gasteiger partial charge in [0.15, 0.2) is 0 Å². The molecule has 1 heterocycles. The topological polar surface area (TPSA) is 46.3 Å². The summed E-state index contributed by atoms with van der Waals surface area (Å²) in [5, 5.41) is 0.525. The quantitative estimate of drug-likeness (QED) is 0.549. The highest BCUT2D eigenvalue weighted by Gasteiger charge is 2.25. The van der Waals surface area contributed by atoms with Gasteiger partial charge in [0.25, 0.3) is 0 Å². The third-order valence-electron chi connectivity index (χ3n) is 2.14. The molecular formula is C9H9ClN2O. The fraction of sp³-hybridized carbons (Fsp3) is 0.222. The van der Waals surface area contributed by atoms with Crippen molar-refractivity contribution in [1.82, 2.24) is 0 Å². The normalized spacial score (nSPS) is 15.8. The Bertz CT molecular complexity index is 365. The number of benzene rings is 1. The van der Waals surface area contributed by atoms with Crippen molar-refractivity contribution in [3.05, 3.63) is 23.2 Å². The number of carbonyl (C=O) groups is 1. The highest BCUT2D eigenvalue weighted by Crippen LogP contribution is 2.27. The third-order valence-corrected chi connectivity index (χ3v) is 2.49. The highest BCUT2D eigenvalue weighted by atomic mass is 35.5. The molecule has 1 aliphatic heterocycles. The maximum atomic E-state index is 11.1. The molecule has 0 unspecified atom stereocenters. The van der Waals surface area contributed by atoms with Crippen molar-refractivity contribution in [2.75, 3.05) is 17.2 Å². The number of amides is 1. The van der Waals surface area contributed by atoms with Crippen LogP contribution in [-0.4, -0.2) is 12.5 Å². The Hall–Kier alpha value is -1.22. The molecule has 1 amide bonds. The van der Waals surface area contributed by atoms with Gasteiger partial charge in [0.2, 0.25) is 5.91 Å². The number of nitrogens with two attached hydrogens (primary N) is 1. The zero-order valence-electron chi connectivity index (χ0n) is 6.96. The molecule has 0 bridgehead atoms. The van der Waals surface area contributed by atoms with E-state index in [0.29, 0.717) is 17.1 Å². The number of nitrogen functional groups attached to an aromatic ring is 1. The lowest BCUT2D eigenvalue weighted by Gasteiger charge is -2.30. The zero-order valence-corrected chi connectivity index (χ0v) is 7.71. The first-order valence-corrected chi connectivity index (χ1v) is 4.41. The summed E-state index contributed by atoms with van der Waals surface area (Å²) in [5.41, 5.74) is 6.96. The number of β-lactam (4-membered cyclic amide) rings is 1. The van der Waals surface area contributed by atoms with Gasteiger partial charge in [-0.2, -0.15) is 0 Å². The molecule has 0 saturated carbocycles. The molecule has 2 rings (SSSR count). The summed E-state index contributed by atoms with van der Waals surface area (Å²) in [6.07, 6.45) is 0.628. The molecule has 3 nitrogen and oxygen atoms in total. The summed E-state index contributed by atoms with van der Waals surface area (Å²) in [6.45, 7) is 0.778. The fourth-order valence-electron chi connectivity index (χ4n) is 1.29. The molecule has 4 heteroatoms. The standard InChI is InChI=1S/C9H9ClN2O/c10-7-2-1-6(5-8(7)11)12-4-3-9(12)13/h1-2,5H,3-4,11H2. The Morgan fingerprint density at radius 2 is 2.23 bits per heavy atom. The lowest BCUT2D eigenvalue weighted by atomic mass is 10.1. The minimum Gasteiger partial charge on any atom is -0.397 e. The van der Waals surface area contributed by atoms with Gasteiger partial charge in [0.1, 0.15) is 0 Å². The van der Waals surface area contributed by atoms with Crippen molar-refractivity contribution in [3.8, 4) is 0 Å². The molecule has 1 saturated heterocycles. The SMILES string of the molecule is Nc1cc(N2CCC2=O)ccc1Cl. The van der Waals surface area contributed by atoms with Crippen LogP contribution in [0.2, 0.25) is 5.02 Å². The Kier molecular flexibility index (Phi) is 1.88. The van der Waals surface area contributed by atoms with Crippen LogP contribution in [-0.2, 0) is 4.79 Å². The first-order valence-electron chi connectivity index (χ1n) is 4.04. The van der Waals surface area contributed by atoms with E-state index in [0.717, 1.165) is 12.2 Å². The molecule has 0 aliphatic carbocycles. The van der Waals surface area contributed by atoms with Crippen LogP contribution in [0.3, 0.4) is 0 Å². The largest absolute Gasteiger partial charge is 0.397 e. The van der Waals surface area contributed by atoms with Gasteiger partial charge in [-0.25, -0.2) is 0 Å². The Morgan fingerprint density at radius 3 is 2.69 bits per heavy atom. The van der Waals surface area contributed by atoms with E-state index in [2.05, 4.69) is 0 Å². The highest BCUT2D eigenvalue weighted by molar-refractivity contribution is 6.33. The number of rotatable bonds is 1. The van der Waals surface area contributed by atoms with E-state index in [1.54, 1.807) is 23.1 Å². The van der Waals surface area contributed by atoms with Crippen LogP contribution in [0.15, 0.2) is 18.2 Å². The summed E-state index contributed by atoms with van der Waals surface area (Å²) in [7, 11) is 0. The van der Waals surface area contributed by atoms with Crippen LogP contribution in [0.4, 0.5) is 11.4 Å². The number of carbonyl (C=O) groups excluding carboxylic acids is 1. The van der Waals surface area contributed by atoms with Crippen LogP contribution in [0.25, 0.3) is 0 Å². The van der Waals surface area contributed by atoms with E-state index in [1.807, 2.05) is 0 Å². The number of anilines is 2.